The molecular formula is C7H13NO2. The molecule has 58 valence electrons. The molecule has 0 aromatic carbocycles. The Labute approximate surface area is 60.6 Å². The maximum Gasteiger partial charge on any atom is 0.407 e. The van der Waals surface area contributed by atoms with Crippen LogP contribution in [0.1, 0.15) is 20.8 Å². The van der Waals surface area contributed by atoms with Crippen LogP contribution >= 0.6 is 0 Å². The summed E-state index contributed by atoms with van der Waals surface area (Å²) in [6, 6.07) is 0.241. The van der Waals surface area contributed by atoms with Gasteiger partial charge in [-0.2, -0.15) is 0 Å². The fraction of sp³-hybridized carbons (Fsp3) is 0.857. The van der Waals surface area contributed by atoms with Crippen molar-refractivity contribution in [2.45, 2.75) is 26.8 Å². The quantitative estimate of drug-likeness (QED) is 0.520. The van der Waals surface area contributed by atoms with Gasteiger partial charge in [-0.25, -0.2) is 4.79 Å². The van der Waals surface area contributed by atoms with Gasteiger partial charge in [0, 0.05) is 6.54 Å². The number of carboxylic acid groups (broad SMARTS) is 1. The molecule has 0 aromatic rings. The fourth-order valence-corrected chi connectivity index (χ4v) is 1.09. The van der Waals surface area contributed by atoms with E-state index in [1.54, 1.807) is 0 Å². The second kappa shape index (κ2) is 1.87. The third-order valence-electron chi connectivity index (χ3n) is 1.86. The van der Waals surface area contributed by atoms with Gasteiger partial charge in [-0.3, -0.25) is 0 Å². The SMILES string of the molecule is CC(C)(C)C1CN1C(=O)O. The van der Waals surface area contributed by atoms with Gasteiger partial charge in [0.1, 0.15) is 0 Å². The van der Waals surface area contributed by atoms with E-state index in [0.29, 0.717) is 6.54 Å². The van der Waals surface area contributed by atoms with Crippen molar-refractivity contribution in [1.82, 2.24) is 4.90 Å². The first-order valence-electron chi connectivity index (χ1n) is 3.42. The van der Waals surface area contributed by atoms with Gasteiger partial charge in [0.05, 0.1) is 6.04 Å². The Morgan fingerprint density at radius 3 is 2.20 bits per heavy atom. The summed E-state index contributed by atoms with van der Waals surface area (Å²) in [4.78, 5) is 11.8. The molecule has 1 fully saturated rings. The Kier molecular flexibility index (Phi) is 1.38. The predicted molar refractivity (Wildman–Crippen MR) is 38.0 cm³/mol. The van der Waals surface area contributed by atoms with E-state index >= 15 is 0 Å². The molecule has 3 nitrogen and oxygen atoms in total. The molecule has 0 radical (unpaired) electrons. The number of amides is 1. The van der Waals surface area contributed by atoms with Crippen molar-refractivity contribution in [3.8, 4) is 0 Å². The summed E-state index contributed by atoms with van der Waals surface area (Å²) >= 11 is 0. The first kappa shape index (κ1) is 7.38. The average Bonchev–Trinajstić information content (AvgIpc) is 2.35. The second-order valence-electron chi connectivity index (χ2n) is 3.82. The van der Waals surface area contributed by atoms with Crippen molar-refractivity contribution in [1.29, 1.82) is 0 Å². The highest BCUT2D eigenvalue weighted by molar-refractivity contribution is 5.68. The maximum atomic E-state index is 10.3. The Morgan fingerprint density at radius 2 is 2.10 bits per heavy atom. The van der Waals surface area contributed by atoms with Crippen LogP contribution in [0.5, 0.6) is 0 Å². The molecule has 1 unspecified atom stereocenters. The van der Waals surface area contributed by atoms with E-state index in [-0.39, 0.29) is 11.5 Å². The third kappa shape index (κ3) is 1.23. The number of rotatable bonds is 0. The normalized spacial score (nSPS) is 24.7. The Hall–Kier alpha value is -0.730. The number of hydrogen-bond donors (Lipinski definition) is 1. The monoisotopic (exact) mass is 143 g/mol. The van der Waals surface area contributed by atoms with Crippen molar-refractivity contribution < 1.29 is 9.90 Å². The van der Waals surface area contributed by atoms with E-state index in [0.717, 1.165) is 0 Å². The van der Waals surface area contributed by atoms with E-state index in [9.17, 15) is 4.79 Å². The summed E-state index contributed by atoms with van der Waals surface area (Å²) in [7, 11) is 0. The summed E-state index contributed by atoms with van der Waals surface area (Å²) < 4.78 is 0. The van der Waals surface area contributed by atoms with E-state index in [2.05, 4.69) is 20.8 Å². The molecule has 1 atom stereocenters. The van der Waals surface area contributed by atoms with E-state index in [1.807, 2.05) is 0 Å². The molecule has 1 heterocycles. The predicted octanol–water partition coefficient (Wildman–Crippen LogP) is 1.39. The van der Waals surface area contributed by atoms with Gasteiger partial charge in [-0.15, -0.1) is 0 Å². The molecule has 0 aromatic heterocycles. The van der Waals surface area contributed by atoms with Crippen molar-refractivity contribution in [2.24, 2.45) is 5.41 Å². The fourth-order valence-electron chi connectivity index (χ4n) is 1.09. The van der Waals surface area contributed by atoms with Gasteiger partial charge in [0.25, 0.3) is 0 Å². The molecule has 1 saturated heterocycles. The van der Waals surface area contributed by atoms with E-state index in [4.69, 9.17) is 5.11 Å². The first-order valence-corrected chi connectivity index (χ1v) is 3.42. The van der Waals surface area contributed by atoms with E-state index < -0.39 is 6.09 Å². The Bertz CT molecular complexity index is 159. The molecule has 3 heteroatoms. The molecule has 1 amide bonds. The minimum Gasteiger partial charge on any atom is -0.465 e. The van der Waals surface area contributed by atoms with Crippen LogP contribution in [0.4, 0.5) is 4.79 Å². The van der Waals surface area contributed by atoms with Crippen molar-refractivity contribution in [2.75, 3.05) is 6.54 Å². The standard InChI is InChI=1S/C7H13NO2/c1-7(2,3)5-4-8(5)6(9)10/h5H,4H2,1-3H3,(H,9,10). The van der Waals surface area contributed by atoms with E-state index in [1.165, 1.54) is 4.90 Å². The Balaban J connectivity index is 2.46. The third-order valence-corrected chi connectivity index (χ3v) is 1.86. The summed E-state index contributed by atoms with van der Waals surface area (Å²) in [5.41, 5.74) is 0.110. The largest absolute Gasteiger partial charge is 0.465 e. The highest BCUT2D eigenvalue weighted by atomic mass is 16.4. The molecule has 1 aliphatic rings. The topological polar surface area (TPSA) is 40.3 Å². The minimum atomic E-state index is -0.792. The Morgan fingerprint density at radius 1 is 1.60 bits per heavy atom. The summed E-state index contributed by atoms with van der Waals surface area (Å²) in [6.07, 6.45) is -0.792. The molecule has 1 rings (SSSR count). The zero-order chi connectivity index (χ0) is 7.94. The van der Waals surface area contributed by atoms with Crippen LogP contribution in [-0.2, 0) is 0 Å². The molecule has 10 heavy (non-hydrogen) atoms. The van der Waals surface area contributed by atoms with Crippen LogP contribution in [0.15, 0.2) is 0 Å². The number of carbonyl (C=O) groups is 1. The lowest BCUT2D eigenvalue weighted by atomic mass is 9.92. The van der Waals surface area contributed by atoms with Crippen LogP contribution in [0.2, 0.25) is 0 Å². The second-order valence-corrected chi connectivity index (χ2v) is 3.82. The zero-order valence-corrected chi connectivity index (χ0v) is 6.59. The van der Waals surface area contributed by atoms with Crippen LogP contribution in [-0.4, -0.2) is 28.7 Å². The van der Waals surface area contributed by atoms with Gasteiger partial charge in [0.15, 0.2) is 0 Å². The van der Waals surface area contributed by atoms with Crippen LogP contribution in [0.25, 0.3) is 0 Å². The highest BCUT2D eigenvalue weighted by Crippen LogP contribution is 2.34. The smallest absolute Gasteiger partial charge is 0.407 e. The van der Waals surface area contributed by atoms with Crippen LogP contribution in [0.3, 0.4) is 0 Å². The number of hydrogen-bond acceptors (Lipinski definition) is 1. The van der Waals surface area contributed by atoms with Gasteiger partial charge in [-0.1, -0.05) is 20.8 Å². The molecule has 0 bridgehead atoms. The van der Waals surface area contributed by atoms with Gasteiger partial charge in [0.2, 0.25) is 0 Å². The van der Waals surface area contributed by atoms with Crippen molar-refractivity contribution in [3.05, 3.63) is 0 Å². The number of nitrogens with zero attached hydrogens (tertiary/aromatic N) is 1. The lowest BCUT2D eigenvalue weighted by Crippen LogP contribution is -2.21. The van der Waals surface area contributed by atoms with Gasteiger partial charge >= 0.3 is 6.09 Å². The molecule has 0 aliphatic carbocycles. The van der Waals surface area contributed by atoms with Crippen LogP contribution < -0.4 is 0 Å². The average molecular weight is 143 g/mol. The maximum absolute atomic E-state index is 10.3. The highest BCUT2D eigenvalue weighted by Gasteiger charge is 2.46. The summed E-state index contributed by atoms with van der Waals surface area (Å²) in [6.45, 7) is 6.88. The minimum absolute atomic E-state index is 0.110. The van der Waals surface area contributed by atoms with Gasteiger partial charge in [-0.05, 0) is 5.41 Å². The van der Waals surface area contributed by atoms with Crippen molar-refractivity contribution >= 4 is 6.09 Å². The lowest BCUT2D eigenvalue weighted by Gasteiger charge is -2.16. The van der Waals surface area contributed by atoms with Gasteiger partial charge < -0.3 is 10.0 Å². The molecular weight excluding hydrogens is 130 g/mol. The molecule has 1 aliphatic heterocycles. The van der Waals surface area contributed by atoms with Crippen molar-refractivity contribution in [3.63, 3.8) is 0 Å². The molecule has 0 spiro atoms. The summed E-state index contributed by atoms with van der Waals surface area (Å²) in [5, 5.41) is 8.51. The lowest BCUT2D eigenvalue weighted by molar-refractivity contribution is 0.169. The molecule has 1 N–H and O–H groups in total. The van der Waals surface area contributed by atoms with Crippen LogP contribution in [0, 0.1) is 5.41 Å². The zero-order valence-electron chi connectivity index (χ0n) is 6.59. The summed E-state index contributed by atoms with van der Waals surface area (Å²) in [5.74, 6) is 0. The first-order chi connectivity index (χ1) is 4.43. The molecule has 0 saturated carbocycles.